The van der Waals surface area contributed by atoms with Crippen molar-refractivity contribution in [3.05, 3.63) is 59.8 Å². The molecule has 2 aromatic rings. The Morgan fingerprint density at radius 3 is 2.48 bits per heavy atom. The monoisotopic (exact) mass is 481 g/mol. The van der Waals surface area contributed by atoms with E-state index in [4.69, 9.17) is 4.74 Å². The Labute approximate surface area is 178 Å². The van der Waals surface area contributed by atoms with Crippen LogP contribution in [0.1, 0.15) is 11.3 Å². The SMILES string of the molecule is CN=C(NCc1cccc(OC)n1)N1CCN(Cc2ccccc2)CC1.I. The Bertz CT molecular complexity index is 717. The first-order chi connectivity index (χ1) is 12.8. The Kier molecular flexibility index (Phi) is 8.80. The number of pyridine rings is 1. The number of piperazine rings is 1. The van der Waals surface area contributed by atoms with Crippen LogP contribution >= 0.6 is 24.0 Å². The highest BCUT2D eigenvalue weighted by Gasteiger charge is 2.19. The lowest BCUT2D eigenvalue weighted by Crippen LogP contribution is -2.52. The molecule has 0 bridgehead atoms. The summed E-state index contributed by atoms with van der Waals surface area (Å²) in [5.74, 6) is 1.56. The van der Waals surface area contributed by atoms with E-state index in [1.54, 1.807) is 7.11 Å². The maximum Gasteiger partial charge on any atom is 0.213 e. The summed E-state index contributed by atoms with van der Waals surface area (Å²) in [5.41, 5.74) is 2.31. The van der Waals surface area contributed by atoms with Gasteiger partial charge in [0.15, 0.2) is 5.96 Å². The second-order valence-corrected chi connectivity index (χ2v) is 6.32. The first-order valence-electron chi connectivity index (χ1n) is 9.00. The van der Waals surface area contributed by atoms with Crippen molar-refractivity contribution in [1.29, 1.82) is 0 Å². The van der Waals surface area contributed by atoms with Crippen molar-refractivity contribution in [2.45, 2.75) is 13.1 Å². The summed E-state index contributed by atoms with van der Waals surface area (Å²) in [4.78, 5) is 13.7. The van der Waals surface area contributed by atoms with E-state index in [1.807, 2.05) is 25.2 Å². The van der Waals surface area contributed by atoms with Gasteiger partial charge < -0.3 is 15.0 Å². The van der Waals surface area contributed by atoms with Gasteiger partial charge >= 0.3 is 0 Å². The molecule has 1 saturated heterocycles. The minimum absolute atomic E-state index is 0. The topological polar surface area (TPSA) is 53.0 Å². The number of hydrogen-bond donors (Lipinski definition) is 1. The summed E-state index contributed by atoms with van der Waals surface area (Å²) in [6.45, 7) is 5.65. The van der Waals surface area contributed by atoms with Crippen molar-refractivity contribution in [1.82, 2.24) is 20.1 Å². The Balaban J connectivity index is 0.00000261. The number of methoxy groups -OCH3 is 1. The van der Waals surface area contributed by atoms with E-state index < -0.39 is 0 Å². The highest BCUT2D eigenvalue weighted by molar-refractivity contribution is 14.0. The molecule has 0 unspecified atom stereocenters. The van der Waals surface area contributed by atoms with Gasteiger partial charge in [-0.05, 0) is 11.6 Å². The third kappa shape index (κ3) is 6.35. The lowest BCUT2D eigenvalue weighted by Gasteiger charge is -2.36. The number of benzene rings is 1. The van der Waals surface area contributed by atoms with Gasteiger partial charge in [-0.3, -0.25) is 9.89 Å². The van der Waals surface area contributed by atoms with Crippen LogP contribution in [-0.4, -0.2) is 61.1 Å². The van der Waals surface area contributed by atoms with Gasteiger partial charge in [0.1, 0.15) is 0 Å². The first-order valence-corrected chi connectivity index (χ1v) is 9.00. The lowest BCUT2D eigenvalue weighted by molar-refractivity contribution is 0.172. The highest BCUT2D eigenvalue weighted by atomic mass is 127. The van der Waals surface area contributed by atoms with E-state index in [0.717, 1.165) is 44.4 Å². The number of aliphatic imine (C=N–C) groups is 1. The van der Waals surface area contributed by atoms with Gasteiger partial charge in [-0.1, -0.05) is 36.4 Å². The molecule has 7 heteroatoms. The molecule has 1 N–H and O–H groups in total. The largest absolute Gasteiger partial charge is 0.481 e. The van der Waals surface area contributed by atoms with Crippen molar-refractivity contribution in [3.63, 3.8) is 0 Å². The number of aromatic nitrogens is 1. The van der Waals surface area contributed by atoms with E-state index in [2.05, 4.69) is 55.4 Å². The van der Waals surface area contributed by atoms with Crippen molar-refractivity contribution in [2.24, 2.45) is 4.99 Å². The lowest BCUT2D eigenvalue weighted by atomic mass is 10.2. The number of halogens is 1. The smallest absolute Gasteiger partial charge is 0.213 e. The maximum absolute atomic E-state index is 5.18. The molecule has 1 aromatic carbocycles. The summed E-state index contributed by atoms with van der Waals surface area (Å²) in [5, 5.41) is 3.41. The van der Waals surface area contributed by atoms with Crippen LogP contribution in [0.25, 0.3) is 0 Å². The molecule has 0 atom stereocenters. The zero-order valence-electron chi connectivity index (χ0n) is 16.0. The maximum atomic E-state index is 5.18. The molecule has 27 heavy (non-hydrogen) atoms. The van der Waals surface area contributed by atoms with Crippen LogP contribution in [0, 0.1) is 0 Å². The van der Waals surface area contributed by atoms with Crippen LogP contribution < -0.4 is 10.1 Å². The quantitative estimate of drug-likeness (QED) is 0.405. The van der Waals surface area contributed by atoms with Gasteiger partial charge in [-0.2, -0.15) is 0 Å². The highest BCUT2D eigenvalue weighted by Crippen LogP contribution is 2.09. The van der Waals surface area contributed by atoms with Crippen LogP contribution in [0.2, 0.25) is 0 Å². The Morgan fingerprint density at radius 2 is 1.81 bits per heavy atom. The zero-order chi connectivity index (χ0) is 18.2. The Hall–Kier alpha value is -1.87. The average molecular weight is 481 g/mol. The molecule has 3 rings (SSSR count). The number of rotatable bonds is 5. The Morgan fingerprint density at radius 1 is 1.07 bits per heavy atom. The molecule has 0 spiro atoms. The second kappa shape index (κ2) is 11.1. The predicted octanol–water partition coefficient (Wildman–Crippen LogP) is 2.60. The number of nitrogens with zero attached hydrogens (tertiary/aromatic N) is 4. The number of hydrogen-bond acceptors (Lipinski definition) is 4. The number of nitrogens with one attached hydrogen (secondary N) is 1. The van der Waals surface area contributed by atoms with Crippen molar-refractivity contribution >= 4 is 29.9 Å². The number of ether oxygens (including phenoxy) is 1. The summed E-state index contributed by atoms with van der Waals surface area (Å²) in [7, 11) is 3.46. The van der Waals surface area contributed by atoms with Gasteiger partial charge in [-0.15, -0.1) is 24.0 Å². The van der Waals surface area contributed by atoms with Crippen LogP contribution in [-0.2, 0) is 13.1 Å². The van der Waals surface area contributed by atoms with Crippen molar-refractivity contribution in [2.75, 3.05) is 40.3 Å². The van der Waals surface area contributed by atoms with Gasteiger partial charge in [-0.25, -0.2) is 4.98 Å². The predicted molar refractivity (Wildman–Crippen MR) is 120 cm³/mol. The van der Waals surface area contributed by atoms with Gasteiger partial charge in [0.25, 0.3) is 0 Å². The van der Waals surface area contributed by atoms with Gasteiger partial charge in [0, 0.05) is 45.8 Å². The first kappa shape index (κ1) is 21.4. The van der Waals surface area contributed by atoms with Crippen LogP contribution in [0.15, 0.2) is 53.5 Å². The molecule has 1 fully saturated rings. The number of guanidine groups is 1. The molecule has 0 amide bonds. The van der Waals surface area contributed by atoms with Crippen molar-refractivity contribution < 1.29 is 4.74 Å². The van der Waals surface area contributed by atoms with Crippen LogP contribution in [0.5, 0.6) is 5.88 Å². The summed E-state index contributed by atoms with van der Waals surface area (Å²) >= 11 is 0. The average Bonchev–Trinajstić information content (AvgIpc) is 2.70. The molecule has 146 valence electrons. The molecular formula is C20H28IN5O. The second-order valence-electron chi connectivity index (χ2n) is 6.32. The van der Waals surface area contributed by atoms with Gasteiger partial charge in [0.05, 0.1) is 19.3 Å². The normalized spacial score (nSPS) is 15.2. The third-order valence-electron chi connectivity index (χ3n) is 4.55. The fourth-order valence-electron chi connectivity index (χ4n) is 3.13. The zero-order valence-corrected chi connectivity index (χ0v) is 18.3. The molecule has 1 aromatic heterocycles. The van der Waals surface area contributed by atoms with E-state index in [0.29, 0.717) is 12.4 Å². The standard InChI is InChI=1S/C20H27N5O.HI/c1-21-20(22-15-18-9-6-10-19(23-18)26-2)25-13-11-24(12-14-25)16-17-7-4-3-5-8-17;/h3-10H,11-16H2,1-2H3,(H,21,22);1H. The van der Waals surface area contributed by atoms with Crippen LogP contribution in [0.4, 0.5) is 0 Å². The molecule has 0 saturated carbocycles. The van der Waals surface area contributed by atoms with E-state index in [-0.39, 0.29) is 24.0 Å². The molecule has 1 aliphatic rings. The fraction of sp³-hybridized carbons (Fsp3) is 0.400. The summed E-state index contributed by atoms with van der Waals surface area (Å²) in [6.07, 6.45) is 0. The molecule has 2 heterocycles. The minimum Gasteiger partial charge on any atom is -0.481 e. The van der Waals surface area contributed by atoms with Gasteiger partial charge in [0.2, 0.25) is 5.88 Å². The summed E-state index contributed by atoms with van der Waals surface area (Å²) in [6, 6.07) is 16.4. The summed E-state index contributed by atoms with van der Waals surface area (Å²) < 4.78 is 5.18. The third-order valence-corrected chi connectivity index (χ3v) is 4.55. The molecule has 0 radical (unpaired) electrons. The molecule has 1 aliphatic heterocycles. The molecule has 0 aliphatic carbocycles. The molecular weight excluding hydrogens is 453 g/mol. The fourth-order valence-corrected chi connectivity index (χ4v) is 3.13. The van der Waals surface area contributed by atoms with E-state index >= 15 is 0 Å². The van der Waals surface area contributed by atoms with E-state index in [9.17, 15) is 0 Å². The van der Waals surface area contributed by atoms with E-state index in [1.165, 1.54) is 5.56 Å². The van der Waals surface area contributed by atoms with Crippen LogP contribution in [0.3, 0.4) is 0 Å². The minimum atomic E-state index is 0. The molecule has 6 nitrogen and oxygen atoms in total. The van der Waals surface area contributed by atoms with Crippen molar-refractivity contribution in [3.8, 4) is 5.88 Å².